The average Bonchev–Trinajstić information content (AvgIpc) is 0.764. The van der Waals surface area contributed by atoms with Gasteiger partial charge in [0.25, 0.3) is 0 Å². The third-order valence-corrected chi connectivity index (χ3v) is 19.1. The van der Waals surface area contributed by atoms with E-state index in [1.807, 2.05) is 0 Å². The van der Waals surface area contributed by atoms with Crippen LogP contribution in [0.1, 0.15) is 271 Å². The van der Waals surface area contributed by atoms with Crippen molar-refractivity contribution in [2.75, 3.05) is 26.4 Å². The van der Waals surface area contributed by atoms with Gasteiger partial charge in [-0.2, -0.15) is 0 Å². The third kappa shape index (κ3) is 37.3. The highest BCUT2D eigenvalue weighted by Gasteiger charge is 2.58. The van der Waals surface area contributed by atoms with Gasteiger partial charge in [-0.1, -0.05) is 192 Å². The van der Waals surface area contributed by atoms with Crippen LogP contribution in [0.2, 0.25) is 0 Å². The molecule has 3 rings (SSSR count). The first kappa shape index (κ1) is 88.4. The van der Waals surface area contributed by atoms with E-state index in [1.165, 1.54) is 96.3 Å². The van der Waals surface area contributed by atoms with Crippen molar-refractivity contribution in [1.82, 2.24) is 0 Å². The van der Waals surface area contributed by atoms with Crippen molar-refractivity contribution < 1.29 is 117 Å². The molecule has 2 saturated heterocycles. The normalized spacial score (nSPS) is 28.0. The van der Waals surface area contributed by atoms with Crippen LogP contribution < -0.4 is 0 Å². The number of phosphoric ester groups is 1. The molecule has 2 aliphatic heterocycles. The summed E-state index contributed by atoms with van der Waals surface area (Å²) in [5.41, 5.74) is 0. The first-order valence-electron chi connectivity index (χ1n) is 37.3. The van der Waals surface area contributed by atoms with Crippen LogP contribution in [-0.2, 0) is 61.2 Å². The zero-order valence-electron chi connectivity index (χ0n) is 58.9. The van der Waals surface area contributed by atoms with Gasteiger partial charge in [0, 0.05) is 19.3 Å². The van der Waals surface area contributed by atoms with Crippen LogP contribution in [0.15, 0.2) is 36.5 Å². The van der Waals surface area contributed by atoms with Crippen LogP contribution in [0.4, 0.5) is 0 Å². The molecule has 97 heavy (non-hydrogen) atoms. The van der Waals surface area contributed by atoms with Gasteiger partial charge in [0.15, 0.2) is 18.7 Å². The highest BCUT2D eigenvalue weighted by Crippen LogP contribution is 2.49. The number of rotatable bonds is 57. The molecule has 0 bridgehead atoms. The van der Waals surface area contributed by atoms with E-state index in [0.717, 1.165) is 116 Å². The molecular formula is C72H129O24P. The summed E-state index contributed by atoms with van der Waals surface area (Å²) in [6, 6.07) is 0. The predicted octanol–water partition coefficient (Wildman–Crippen LogP) is 9.90. The monoisotopic (exact) mass is 1410 g/mol. The van der Waals surface area contributed by atoms with Crippen molar-refractivity contribution in [3.63, 3.8) is 0 Å². The van der Waals surface area contributed by atoms with Crippen LogP contribution >= 0.6 is 7.82 Å². The molecule has 0 aromatic rings. The molecule has 18 unspecified atom stereocenters. The van der Waals surface area contributed by atoms with Crippen LogP contribution in [-0.4, -0.2) is 204 Å². The molecule has 0 aromatic carbocycles. The number of allylic oxidation sites excluding steroid dienone is 6. The van der Waals surface area contributed by atoms with E-state index in [-0.39, 0.29) is 19.3 Å². The van der Waals surface area contributed by atoms with Gasteiger partial charge >= 0.3 is 25.7 Å². The quantitative estimate of drug-likeness (QED) is 0.00886. The first-order valence-corrected chi connectivity index (χ1v) is 38.8. The van der Waals surface area contributed by atoms with Crippen molar-refractivity contribution in [1.29, 1.82) is 0 Å². The van der Waals surface area contributed by atoms with Gasteiger partial charge in [0.05, 0.1) is 13.2 Å². The smallest absolute Gasteiger partial charge is 0.463 e. The maximum Gasteiger partial charge on any atom is 0.472 e. The number of carbonyl (C=O) groups excluding carboxylic acids is 3. The lowest BCUT2D eigenvalue weighted by Gasteiger charge is -2.49. The number of carbonyl (C=O) groups is 3. The van der Waals surface area contributed by atoms with Crippen LogP contribution in [0.3, 0.4) is 0 Å². The Bertz CT molecular complexity index is 2150. The number of hydrogen-bond donors (Lipinski definition) is 11. The highest BCUT2D eigenvalue weighted by atomic mass is 31.2. The lowest BCUT2D eigenvalue weighted by molar-refractivity contribution is -0.360. The summed E-state index contributed by atoms with van der Waals surface area (Å²) >= 11 is 0. The second-order valence-electron chi connectivity index (χ2n) is 26.6. The third-order valence-electron chi connectivity index (χ3n) is 18.1. The van der Waals surface area contributed by atoms with Crippen molar-refractivity contribution in [2.24, 2.45) is 0 Å². The van der Waals surface area contributed by atoms with Crippen molar-refractivity contribution >= 4 is 25.7 Å². The summed E-state index contributed by atoms with van der Waals surface area (Å²) < 4.78 is 64.9. The number of phosphoric acid groups is 1. The Morgan fingerprint density at radius 3 is 1.13 bits per heavy atom. The second-order valence-corrected chi connectivity index (χ2v) is 28.0. The van der Waals surface area contributed by atoms with E-state index in [2.05, 4.69) is 57.2 Å². The Kier molecular flexibility index (Phi) is 49.1. The summed E-state index contributed by atoms with van der Waals surface area (Å²) in [5, 5.41) is 110. The summed E-state index contributed by atoms with van der Waals surface area (Å²) in [4.78, 5) is 50.9. The largest absolute Gasteiger partial charge is 0.472 e. The molecule has 0 amide bonds. The zero-order chi connectivity index (χ0) is 71.1. The average molecular weight is 1410 g/mol. The van der Waals surface area contributed by atoms with Gasteiger partial charge in [-0.3, -0.25) is 23.4 Å². The fourth-order valence-corrected chi connectivity index (χ4v) is 12.9. The molecule has 1 aliphatic carbocycles. The minimum Gasteiger partial charge on any atom is -0.463 e. The summed E-state index contributed by atoms with van der Waals surface area (Å²) in [6.07, 6.45) is 15.0. The molecule has 11 N–H and O–H groups in total. The molecule has 0 spiro atoms. The molecule has 3 fully saturated rings. The van der Waals surface area contributed by atoms with Gasteiger partial charge in [0.1, 0.15) is 98.7 Å². The molecular weight excluding hydrogens is 1280 g/mol. The predicted molar refractivity (Wildman–Crippen MR) is 365 cm³/mol. The first-order chi connectivity index (χ1) is 46.8. The lowest BCUT2D eigenvalue weighted by Crippen LogP contribution is -2.69. The van der Waals surface area contributed by atoms with E-state index >= 15 is 0 Å². The van der Waals surface area contributed by atoms with Gasteiger partial charge in [-0.05, 0) is 96.3 Å². The molecule has 0 aromatic heterocycles. The van der Waals surface area contributed by atoms with E-state index in [9.17, 15) is 74.9 Å². The Labute approximate surface area is 578 Å². The Balaban J connectivity index is 1.75. The number of aliphatic hydroxyl groups excluding tert-OH is 10. The molecule has 3 aliphatic rings. The Hall–Kier alpha value is -2.82. The number of hydrogen-bond acceptors (Lipinski definition) is 23. The molecule has 18 atom stereocenters. The topological polar surface area (TPSA) is 374 Å². The van der Waals surface area contributed by atoms with Crippen LogP contribution in [0.5, 0.6) is 0 Å². The van der Waals surface area contributed by atoms with Gasteiger partial charge in [-0.15, -0.1) is 0 Å². The molecule has 566 valence electrons. The zero-order valence-corrected chi connectivity index (χ0v) is 59.8. The fraction of sp³-hybridized carbons (Fsp3) is 0.875. The minimum absolute atomic E-state index is 0.00665. The lowest BCUT2D eigenvalue weighted by atomic mass is 9.84. The maximum absolute atomic E-state index is 14.3. The maximum atomic E-state index is 14.3. The Morgan fingerprint density at radius 2 is 0.722 bits per heavy atom. The SMILES string of the molecule is CCCCCC/C=C\CCCCCCCCCC(=O)OC(COC(=O)CCCCC/C=C\CCCCCCCC)COP(=O)(O)OC1C(OC2OC(CO)C(O)C(O)C2O)C(O)C(O)C(O)C1OC1OC(COC(=O)CCCCC/C=C\CCCCCCCCC)C(O)C(O)C1O. The summed E-state index contributed by atoms with van der Waals surface area (Å²) in [7, 11) is -5.70. The Morgan fingerprint density at radius 1 is 0.392 bits per heavy atom. The minimum atomic E-state index is -5.70. The van der Waals surface area contributed by atoms with Gasteiger partial charge < -0.3 is 89.1 Å². The standard InChI is InChI=1S/C72H129O24P/c1-4-7-10-13-16-19-22-25-27-30-33-36-39-42-45-48-58(76)91-53(50-88-56(74)46-43-40-37-34-31-28-24-21-18-15-12-9-6-3)51-90-97(86,87)96-70-68(94-71-66(84)61(79)59(77)54(49-73)92-71)64(82)63(81)65(83)69(70)95-72-67(85)62(80)60(78)55(93-72)52-89-57(75)47-44-41-38-35-32-29-26-23-20-17-14-11-8-5-2/h19,22,28-29,31-32,53-55,59-73,77-85H,4-18,20-21,23-27,30,33-52H2,1-3H3,(H,86,87)/b22-19-,31-28-,32-29-. The molecule has 25 heteroatoms. The van der Waals surface area contributed by atoms with Crippen molar-refractivity contribution in [3.05, 3.63) is 36.5 Å². The van der Waals surface area contributed by atoms with Gasteiger partial charge in [-0.25, -0.2) is 4.57 Å². The fourth-order valence-electron chi connectivity index (χ4n) is 12.0. The number of esters is 3. The van der Waals surface area contributed by atoms with E-state index < -0.39 is 156 Å². The van der Waals surface area contributed by atoms with Crippen molar-refractivity contribution in [3.8, 4) is 0 Å². The molecule has 0 radical (unpaired) electrons. The van der Waals surface area contributed by atoms with Gasteiger partial charge in [0.2, 0.25) is 0 Å². The molecule has 24 nitrogen and oxygen atoms in total. The number of unbranched alkanes of at least 4 members (excludes halogenated alkanes) is 30. The van der Waals surface area contributed by atoms with E-state index in [4.69, 9.17) is 42.2 Å². The second kappa shape index (κ2) is 53.9. The number of aliphatic hydroxyl groups is 10. The van der Waals surface area contributed by atoms with E-state index in [0.29, 0.717) is 19.3 Å². The summed E-state index contributed by atoms with van der Waals surface area (Å²) in [6.45, 7) is 3.38. The molecule has 2 heterocycles. The van der Waals surface area contributed by atoms with Crippen LogP contribution in [0.25, 0.3) is 0 Å². The van der Waals surface area contributed by atoms with E-state index in [1.54, 1.807) is 0 Å². The number of ether oxygens (including phenoxy) is 7. The molecule has 1 saturated carbocycles. The van der Waals surface area contributed by atoms with Crippen LogP contribution in [0, 0.1) is 0 Å². The highest BCUT2D eigenvalue weighted by molar-refractivity contribution is 7.47. The summed E-state index contributed by atoms with van der Waals surface area (Å²) in [5.74, 6) is -2.03. The van der Waals surface area contributed by atoms with Crippen molar-refractivity contribution in [2.45, 2.75) is 375 Å².